The Hall–Kier alpha value is -2.58. The van der Waals surface area contributed by atoms with E-state index in [1.54, 1.807) is 0 Å². The van der Waals surface area contributed by atoms with Gasteiger partial charge in [-0.3, -0.25) is 0 Å². The molecule has 140 valence electrons. The maximum absolute atomic E-state index is 6.95. The Morgan fingerprint density at radius 2 is 1.86 bits per heavy atom. The van der Waals surface area contributed by atoms with Crippen molar-refractivity contribution in [3.05, 3.63) is 80.9 Å². The summed E-state index contributed by atoms with van der Waals surface area (Å²) in [6, 6.07) is 17.3. The molecular formula is C26H25NS. The second kappa shape index (κ2) is 6.49. The molecule has 1 heterocycles. The molecule has 3 aromatic rings. The zero-order chi connectivity index (χ0) is 19.3. The first kappa shape index (κ1) is 17.5. The fraction of sp³-hybridized carbons (Fsp3) is 0.231. The van der Waals surface area contributed by atoms with E-state index in [0.717, 1.165) is 18.5 Å². The van der Waals surface area contributed by atoms with Gasteiger partial charge in [0.15, 0.2) is 0 Å². The van der Waals surface area contributed by atoms with Gasteiger partial charge >= 0.3 is 0 Å². The second-order valence-corrected chi connectivity index (χ2v) is 9.21. The Balaban J connectivity index is 2.00. The van der Waals surface area contributed by atoms with Crippen molar-refractivity contribution in [2.24, 2.45) is 17.1 Å². The summed E-state index contributed by atoms with van der Waals surface area (Å²) in [5.74, 6) is 0.383. The van der Waals surface area contributed by atoms with Gasteiger partial charge in [0.25, 0.3) is 0 Å². The van der Waals surface area contributed by atoms with Gasteiger partial charge in [0.1, 0.15) is 0 Å². The summed E-state index contributed by atoms with van der Waals surface area (Å²) in [5, 5.41) is 5.16. The van der Waals surface area contributed by atoms with Crippen LogP contribution in [0.1, 0.15) is 26.7 Å². The molecule has 0 saturated carbocycles. The molecule has 5 rings (SSSR count). The lowest BCUT2D eigenvalue weighted by atomic mass is 9.66. The summed E-state index contributed by atoms with van der Waals surface area (Å²) in [4.78, 5) is 0. The van der Waals surface area contributed by atoms with E-state index in [0.29, 0.717) is 5.92 Å². The number of hydrogen-bond acceptors (Lipinski definition) is 2. The normalized spacial score (nSPS) is 27.1. The van der Waals surface area contributed by atoms with Crippen molar-refractivity contribution in [3.63, 3.8) is 0 Å². The quantitative estimate of drug-likeness (QED) is 0.641. The van der Waals surface area contributed by atoms with Crippen LogP contribution in [0.3, 0.4) is 0 Å². The van der Waals surface area contributed by atoms with Crippen LogP contribution in [0.4, 0.5) is 0 Å². The highest BCUT2D eigenvalue weighted by Crippen LogP contribution is 2.44. The van der Waals surface area contributed by atoms with Gasteiger partial charge in [0.2, 0.25) is 0 Å². The minimum atomic E-state index is 0.0482. The first-order valence-electron chi connectivity index (χ1n) is 10.0. The van der Waals surface area contributed by atoms with Crippen LogP contribution >= 0.6 is 11.3 Å². The van der Waals surface area contributed by atoms with Crippen LogP contribution in [-0.2, 0) is 0 Å². The topological polar surface area (TPSA) is 26.0 Å². The van der Waals surface area contributed by atoms with Gasteiger partial charge in [0, 0.05) is 20.1 Å². The lowest BCUT2D eigenvalue weighted by molar-refractivity contribution is 0.333. The Morgan fingerprint density at radius 3 is 2.71 bits per heavy atom. The predicted octanol–water partition coefficient (Wildman–Crippen LogP) is 3.39. The molecule has 2 N–H and O–H groups in total. The van der Waals surface area contributed by atoms with E-state index in [-0.39, 0.29) is 5.41 Å². The molecule has 0 bridgehead atoms. The number of thiophene rings is 1. The van der Waals surface area contributed by atoms with Crippen molar-refractivity contribution in [1.82, 2.24) is 0 Å². The average molecular weight is 384 g/mol. The van der Waals surface area contributed by atoms with E-state index >= 15 is 0 Å². The molecule has 2 unspecified atom stereocenters. The van der Waals surface area contributed by atoms with E-state index < -0.39 is 0 Å². The maximum Gasteiger partial charge on any atom is 0.0443 e. The number of fused-ring (bicyclic) bond motifs is 5. The number of allylic oxidation sites excluding steroid dienone is 2. The van der Waals surface area contributed by atoms with E-state index in [2.05, 4.69) is 86.7 Å². The summed E-state index contributed by atoms with van der Waals surface area (Å²) in [6.07, 6.45) is 11.5. The lowest BCUT2D eigenvalue weighted by Gasteiger charge is -2.38. The molecule has 0 spiro atoms. The van der Waals surface area contributed by atoms with Crippen molar-refractivity contribution in [2.45, 2.75) is 26.7 Å². The maximum atomic E-state index is 6.95. The standard InChI is InChI=1S/C26H25NS/c1-3-15-26(2)16-14-17-8-4-5-9-18(17)24(27)23-21(26)13-12-20-19-10-6-7-11-22(19)28-25(20)23/h3-12,14-15,21H,13,16,27H2,1-2H3/b15-3?,17-14-,24-18-. The van der Waals surface area contributed by atoms with E-state index in [1.165, 1.54) is 35.8 Å². The SMILES string of the molecule is CC=CC1(C)C/C=c2/cccc/c2=C(/N)C2=c3sc4ccccc4c3=CCC21. The smallest absolute Gasteiger partial charge is 0.0443 e. The highest BCUT2D eigenvalue weighted by Gasteiger charge is 2.36. The number of benzene rings is 2. The molecule has 0 fully saturated rings. The molecule has 2 atom stereocenters. The van der Waals surface area contributed by atoms with Crippen LogP contribution in [-0.4, -0.2) is 0 Å². The molecule has 2 aliphatic carbocycles. The van der Waals surface area contributed by atoms with Crippen LogP contribution in [0, 0.1) is 11.3 Å². The fourth-order valence-electron chi connectivity index (χ4n) is 4.99. The molecule has 0 amide bonds. The third-order valence-electron chi connectivity index (χ3n) is 6.43. The minimum Gasteiger partial charge on any atom is -0.398 e. The molecule has 2 aromatic carbocycles. The van der Waals surface area contributed by atoms with Crippen molar-refractivity contribution >= 4 is 44.8 Å². The van der Waals surface area contributed by atoms with Crippen molar-refractivity contribution < 1.29 is 0 Å². The van der Waals surface area contributed by atoms with Gasteiger partial charge < -0.3 is 5.73 Å². The van der Waals surface area contributed by atoms with E-state index in [1.807, 2.05) is 11.3 Å². The van der Waals surface area contributed by atoms with Crippen LogP contribution in [0.25, 0.3) is 33.5 Å². The average Bonchev–Trinajstić information content (AvgIpc) is 3.09. The molecule has 0 aliphatic heterocycles. The summed E-state index contributed by atoms with van der Waals surface area (Å²) in [7, 11) is 0. The van der Waals surface area contributed by atoms with Crippen molar-refractivity contribution in [3.8, 4) is 0 Å². The minimum absolute atomic E-state index is 0.0482. The van der Waals surface area contributed by atoms with Crippen LogP contribution < -0.4 is 25.9 Å². The van der Waals surface area contributed by atoms with Gasteiger partial charge in [-0.05, 0) is 58.6 Å². The first-order valence-corrected chi connectivity index (χ1v) is 10.9. The third-order valence-corrected chi connectivity index (χ3v) is 7.65. The van der Waals surface area contributed by atoms with Gasteiger partial charge in [0.05, 0.1) is 0 Å². The first-order chi connectivity index (χ1) is 13.6. The van der Waals surface area contributed by atoms with E-state index in [4.69, 9.17) is 5.73 Å². The monoisotopic (exact) mass is 383 g/mol. The summed E-state index contributed by atoms with van der Waals surface area (Å²) in [5.41, 5.74) is 9.30. The molecule has 2 aliphatic rings. The summed E-state index contributed by atoms with van der Waals surface area (Å²) in [6.45, 7) is 4.52. The molecule has 2 heteroatoms. The van der Waals surface area contributed by atoms with Gasteiger partial charge in [-0.25, -0.2) is 0 Å². The van der Waals surface area contributed by atoms with Crippen molar-refractivity contribution in [2.75, 3.05) is 0 Å². The zero-order valence-electron chi connectivity index (χ0n) is 16.4. The molecule has 0 radical (unpaired) electrons. The number of nitrogens with two attached hydrogens (primary N) is 1. The van der Waals surface area contributed by atoms with Crippen LogP contribution in [0.2, 0.25) is 0 Å². The largest absolute Gasteiger partial charge is 0.398 e. The van der Waals surface area contributed by atoms with Crippen LogP contribution in [0.15, 0.2) is 60.7 Å². The molecular weight excluding hydrogens is 358 g/mol. The Labute approximate surface area is 169 Å². The van der Waals surface area contributed by atoms with Crippen molar-refractivity contribution in [1.29, 1.82) is 0 Å². The van der Waals surface area contributed by atoms with Gasteiger partial charge in [-0.15, -0.1) is 11.3 Å². The van der Waals surface area contributed by atoms with Crippen LogP contribution in [0.5, 0.6) is 0 Å². The zero-order valence-corrected chi connectivity index (χ0v) is 17.2. The van der Waals surface area contributed by atoms with E-state index in [9.17, 15) is 0 Å². The summed E-state index contributed by atoms with van der Waals surface area (Å²) >= 11 is 1.90. The number of rotatable bonds is 1. The molecule has 1 nitrogen and oxygen atoms in total. The fourth-order valence-corrected chi connectivity index (χ4v) is 6.31. The third kappa shape index (κ3) is 2.51. The Bertz CT molecular complexity index is 1360. The Kier molecular flexibility index (Phi) is 4.06. The highest BCUT2D eigenvalue weighted by molar-refractivity contribution is 7.17. The highest BCUT2D eigenvalue weighted by atomic mass is 32.1. The molecule has 28 heavy (non-hydrogen) atoms. The predicted molar refractivity (Wildman–Crippen MR) is 122 cm³/mol. The number of hydrogen-bond donors (Lipinski definition) is 1. The summed E-state index contributed by atoms with van der Waals surface area (Å²) < 4.78 is 2.71. The lowest BCUT2D eigenvalue weighted by Crippen LogP contribution is -2.42. The molecule has 0 saturated heterocycles. The van der Waals surface area contributed by atoms with Gasteiger partial charge in [-0.1, -0.05) is 73.7 Å². The second-order valence-electron chi connectivity index (χ2n) is 8.16. The molecule has 1 aromatic heterocycles. The Morgan fingerprint density at radius 1 is 1.07 bits per heavy atom. The van der Waals surface area contributed by atoms with Gasteiger partial charge in [-0.2, -0.15) is 0 Å².